The van der Waals surface area contributed by atoms with Crippen molar-refractivity contribution >= 4 is 17.8 Å². The summed E-state index contributed by atoms with van der Waals surface area (Å²) < 4.78 is 5.46. The number of hydrogen-bond donors (Lipinski definition) is 0. The molecule has 23 heavy (non-hydrogen) atoms. The quantitative estimate of drug-likeness (QED) is 0.789. The molecule has 1 aromatic heterocycles. The fraction of sp³-hybridized carbons (Fsp3) is 0.412. The second-order valence-electron chi connectivity index (χ2n) is 5.60. The Balaban J connectivity index is 1.51. The van der Waals surface area contributed by atoms with Crippen LogP contribution in [-0.2, 0) is 6.42 Å². The lowest BCUT2D eigenvalue weighted by molar-refractivity contribution is 0.135. The highest BCUT2D eigenvalue weighted by molar-refractivity contribution is 6.30. The van der Waals surface area contributed by atoms with Gasteiger partial charge < -0.3 is 4.52 Å². The van der Waals surface area contributed by atoms with Crippen LogP contribution in [0.1, 0.15) is 12.7 Å². The van der Waals surface area contributed by atoms with Crippen LogP contribution in [0.4, 0.5) is 0 Å². The number of nitrogens with zero attached hydrogens (tertiary/aromatic N) is 4. The van der Waals surface area contributed by atoms with E-state index in [0.29, 0.717) is 0 Å². The Morgan fingerprint density at radius 1 is 1.22 bits per heavy atom. The Morgan fingerprint density at radius 3 is 2.65 bits per heavy atom. The summed E-state index contributed by atoms with van der Waals surface area (Å²) in [6.45, 7) is 6.98. The van der Waals surface area contributed by atoms with Crippen LogP contribution in [0.25, 0.3) is 11.3 Å². The van der Waals surface area contributed by atoms with Crippen molar-refractivity contribution in [3.8, 4) is 11.3 Å². The third kappa shape index (κ3) is 4.33. The molecule has 0 amide bonds. The van der Waals surface area contributed by atoms with Gasteiger partial charge in [-0.15, -0.1) is 0 Å². The highest BCUT2D eigenvalue weighted by Crippen LogP contribution is 2.21. The van der Waals surface area contributed by atoms with E-state index in [-0.39, 0.29) is 0 Å². The Bertz CT molecular complexity index is 645. The maximum absolute atomic E-state index is 5.91. The smallest absolute Gasteiger partial charge is 0.138 e. The standard InChI is InChI=1S/C17H21ClN4O/c1-2-19-22-11-9-21(10-12-22)8-7-16-13-17(20-23-16)14-3-5-15(18)6-4-14/h2-6,13H,7-12H2,1H3/b19-2+. The van der Waals surface area contributed by atoms with Gasteiger partial charge in [0, 0.05) is 62.0 Å². The molecule has 0 bridgehead atoms. The van der Waals surface area contributed by atoms with Gasteiger partial charge in [-0.3, -0.25) is 9.91 Å². The normalized spacial score (nSPS) is 16.3. The number of halogens is 1. The maximum atomic E-state index is 5.91. The van der Waals surface area contributed by atoms with Crippen LogP contribution in [0.2, 0.25) is 5.02 Å². The predicted molar refractivity (Wildman–Crippen MR) is 92.8 cm³/mol. The Kier molecular flexibility index (Phi) is 5.31. The summed E-state index contributed by atoms with van der Waals surface area (Å²) in [5.41, 5.74) is 1.88. The van der Waals surface area contributed by atoms with Gasteiger partial charge >= 0.3 is 0 Å². The van der Waals surface area contributed by atoms with Crippen molar-refractivity contribution in [1.82, 2.24) is 15.1 Å². The van der Waals surface area contributed by atoms with Gasteiger partial charge in [-0.25, -0.2) is 0 Å². The molecule has 122 valence electrons. The molecule has 1 aromatic carbocycles. The lowest BCUT2D eigenvalue weighted by atomic mass is 10.1. The van der Waals surface area contributed by atoms with Gasteiger partial charge in [0.05, 0.1) is 0 Å². The highest BCUT2D eigenvalue weighted by Gasteiger charge is 2.16. The summed E-state index contributed by atoms with van der Waals surface area (Å²) in [6.07, 6.45) is 2.72. The first kappa shape index (κ1) is 16.0. The van der Waals surface area contributed by atoms with Crippen LogP contribution < -0.4 is 0 Å². The van der Waals surface area contributed by atoms with Crippen LogP contribution in [0.3, 0.4) is 0 Å². The van der Waals surface area contributed by atoms with Crippen LogP contribution in [-0.4, -0.2) is 54.0 Å². The highest BCUT2D eigenvalue weighted by atomic mass is 35.5. The van der Waals surface area contributed by atoms with E-state index < -0.39 is 0 Å². The molecule has 1 aliphatic rings. The molecule has 0 unspecified atom stereocenters. The maximum Gasteiger partial charge on any atom is 0.138 e. The largest absolute Gasteiger partial charge is 0.361 e. The second-order valence-corrected chi connectivity index (χ2v) is 6.04. The number of rotatable bonds is 5. The molecule has 3 rings (SSSR count). The van der Waals surface area contributed by atoms with E-state index >= 15 is 0 Å². The lowest BCUT2D eigenvalue weighted by Crippen LogP contribution is -2.44. The lowest BCUT2D eigenvalue weighted by Gasteiger charge is -2.32. The Morgan fingerprint density at radius 2 is 1.96 bits per heavy atom. The van der Waals surface area contributed by atoms with E-state index in [9.17, 15) is 0 Å². The van der Waals surface area contributed by atoms with Crippen molar-refractivity contribution in [3.63, 3.8) is 0 Å². The molecule has 6 heteroatoms. The van der Waals surface area contributed by atoms with Crippen molar-refractivity contribution in [1.29, 1.82) is 0 Å². The second kappa shape index (κ2) is 7.62. The Labute approximate surface area is 141 Å². The number of hydrazone groups is 1. The van der Waals surface area contributed by atoms with Crippen molar-refractivity contribution in [2.24, 2.45) is 5.10 Å². The van der Waals surface area contributed by atoms with Crippen LogP contribution >= 0.6 is 11.6 Å². The monoisotopic (exact) mass is 332 g/mol. The number of benzene rings is 1. The molecule has 1 fully saturated rings. The van der Waals surface area contributed by atoms with Gasteiger partial charge in [-0.2, -0.15) is 5.10 Å². The minimum Gasteiger partial charge on any atom is -0.361 e. The third-order valence-electron chi connectivity index (χ3n) is 4.00. The number of hydrogen-bond acceptors (Lipinski definition) is 5. The van der Waals surface area contributed by atoms with Gasteiger partial charge in [-0.1, -0.05) is 28.9 Å². The van der Waals surface area contributed by atoms with Crippen LogP contribution in [0.5, 0.6) is 0 Å². The summed E-state index contributed by atoms with van der Waals surface area (Å²) in [7, 11) is 0. The summed E-state index contributed by atoms with van der Waals surface area (Å²) in [5.74, 6) is 0.920. The van der Waals surface area contributed by atoms with Crippen molar-refractivity contribution in [2.45, 2.75) is 13.3 Å². The SMILES string of the molecule is C/C=N/N1CCN(CCc2cc(-c3ccc(Cl)cc3)no2)CC1. The average molecular weight is 333 g/mol. The molecular formula is C17H21ClN4O. The van der Waals surface area contributed by atoms with Crippen molar-refractivity contribution in [3.05, 3.63) is 41.1 Å². The number of piperazine rings is 1. The first-order valence-corrected chi connectivity index (χ1v) is 8.30. The topological polar surface area (TPSA) is 44.9 Å². The number of aromatic nitrogens is 1. The van der Waals surface area contributed by atoms with Crippen LogP contribution in [0, 0.1) is 0 Å². The van der Waals surface area contributed by atoms with Gasteiger partial charge in [0.25, 0.3) is 0 Å². The molecule has 1 aliphatic heterocycles. The molecule has 1 saturated heterocycles. The molecule has 5 nitrogen and oxygen atoms in total. The summed E-state index contributed by atoms with van der Waals surface area (Å²) >= 11 is 5.91. The van der Waals surface area contributed by atoms with Gasteiger partial charge in [0.15, 0.2) is 0 Å². The molecule has 0 N–H and O–H groups in total. The zero-order valence-corrected chi connectivity index (χ0v) is 14.0. The molecule has 0 radical (unpaired) electrons. The molecule has 0 spiro atoms. The first-order valence-electron chi connectivity index (χ1n) is 7.92. The summed E-state index contributed by atoms with van der Waals surface area (Å²) in [6, 6.07) is 9.66. The summed E-state index contributed by atoms with van der Waals surface area (Å²) in [4.78, 5) is 2.44. The molecule has 0 saturated carbocycles. The van der Waals surface area contributed by atoms with Gasteiger partial charge in [0.1, 0.15) is 11.5 Å². The molecular weight excluding hydrogens is 312 g/mol. The van der Waals surface area contributed by atoms with E-state index in [1.54, 1.807) is 0 Å². The minimum absolute atomic E-state index is 0.726. The fourth-order valence-electron chi connectivity index (χ4n) is 2.70. The minimum atomic E-state index is 0.726. The molecule has 0 atom stereocenters. The molecule has 2 aromatic rings. The van der Waals surface area contributed by atoms with Gasteiger partial charge in [0.2, 0.25) is 0 Å². The first-order chi connectivity index (χ1) is 11.2. The summed E-state index contributed by atoms with van der Waals surface area (Å²) in [5, 5.41) is 11.3. The van der Waals surface area contributed by atoms with E-state index in [1.165, 1.54) is 0 Å². The van der Waals surface area contributed by atoms with Crippen molar-refractivity contribution in [2.75, 3.05) is 32.7 Å². The van der Waals surface area contributed by atoms with Crippen molar-refractivity contribution < 1.29 is 4.52 Å². The fourth-order valence-corrected chi connectivity index (χ4v) is 2.82. The molecule has 0 aliphatic carbocycles. The Hall–Kier alpha value is -1.85. The van der Waals surface area contributed by atoms with Crippen LogP contribution in [0.15, 0.2) is 40.0 Å². The predicted octanol–water partition coefficient (Wildman–Crippen LogP) is 3.16. The van der Waals surface area contributed by atoms with E-state index in [0.717, 1.165) is 61.2 Å². The van der Waals surface area contributed by atoms with E-state index in [4.69, 9.17) is 16.1 Å². The third-order valence-corrected chi connectivity index (χ3v) is 4.25. The zero-order chi connectivity index (χ0) is 16.1. The average Bonchev–Trinajstić information content (AvgIpc) is 3.04. The van der Waals surface area contributed by atoms with Gasteiger partial charge in [-0.05, 0) is 19.1 Å². The zero-order valence-electron chi connectivity index (χ0n) is 13.3. The van der Waals surface area contributed by atoms with E-state index in [1.807, 2.05) is 43.5 Å². The molecule has 2 heterocycles. The van der Waals surface area contributed by atoms with E-state index in [2.05, 4.69) is 20.2 Å².